The van der Waals surface area contributed by atoms with Crippen LogP contribution < -0.4 is 0 Å². The summed E-state index contributed by atoms with van der Waals surface area (Å²) in [6.45, 7) is 2.00. The summed E-state index contributed by atoms with van der Waals surface area (Å²) in [5.74, 6) is -0.826. The fourth-order valence-electron chi connectivity index (χ4n) is 2.11. The minimum absolute atomic E-state index is 0.216. The Morgan fingerprint density at radius 3 is 2.59 bits per heavy atom. The Bertz CT molecular complexity index is 821. The Balaban J connectivity index is 2.16. The second-order valence-electron chi connectivity index (χ2n) is 4.78. The van der Waals surface area contributed by atoms with Gasteiger partial charge in [0.25, 0.3) is 0 Å². The molecule has 0 amide bonds. The zero-order valence-electron chi connectivity index (χ0n) is 12.0. The molecule has 0 bridgehead atoms. The highest BCUT2D eigenvalue weighted by Gasteiger charge is 2.18. The molecule has 6 heteroatoms. The number of ether oxygens (including phenoxy) is 1. The maximum Gasteiger partial charge on any atom is 0.358 e. The number of benzene rings is 1. The summed E-state index contributed by atoms with van der Waals surface area (Å²) in [4.78, 5) is 12.7. The number of carbonyl (C=O) groups excluding carboxylic acids is 1. The van der Waals surface area contributed by atoms with Crippen molar-refractivity contribution in [2.75, 3.05) is 7.11 Å². The fourth-order valence-corrected chi connectivity index (χ4v) is 3.01. The molecule has 112 valence electrons. The molecule has 0 aliphatic carbocycles. The van der Waals surface area contributed by atoms with Gasteiger partial charge in [-0.1, -0.05) is 0 Å². The molecule has 0 radical (unpaired) electrons. The molecule has 3 aromatic rings. The molecule has 0 unspecified atom stereocenters. The molecule has 0 saturated heterocycles. The summed E-state index contributed by atoms with van der Waals surface area (Å²) < 4.78 is 19.5. The highest BCUT2D eigenvalue weighted by Crippen LogP contribution is 2.30. The van der Waals surface area contributed by atoms with Gasteiger partial charge in [0.15, 0.2) is 5.69 Å². The molecule has 0 atom stereocenters. The monoisotopic (exact) mass is 316 g/mol. The number of nitrogens with zero attached hydrogens (tertiary/aromatic N) is 2. The van der Waals surface area contributed by atoms with Gasteiger partial charge >= 0.3 is 5.97 Å². The average molecular weight is 316 g/mol. The first kappa shape index (κ1) is 14.5. The maximum absolute atomic E-state index is 13.1. The summed E-state index contributed by atoms with van der Waals surface area (Å²) >= 11 is 1.56. The molecular formula is C16H13FN2O2S. The van der Waals surface area contributed by atoms with Gasteiger partial charge in [0.2, 0.25) is 0 Å². The number of hydrogen-bond acceptors (Lipinski definition) is 4. The highest BCUT2D eigenvalue weighted by molar-refractivity contribution is 7.13. The molecule has 22 heavy (non-hydrogen) atoms. The summed E-state index contributed by atoms with van der Waals surface area (Å²) in [7, 11) is 1.31. The first-order valence-electron chi connectivity index (χ1n) is 6.58. The van der Waals surface area contributed by atoms with Crippen LogP contribution in [-0.4, -0.2) is 22.9 Å². The van der Waals surface area contributed by atoms with Crippen molar-refractivity contribution in [3.8, 4) is 16.3 Å². The standard InChI is InChI=1S/C16H13FN2O2S/c1-10-7-15(22-9-10)14-8-13(16(20)21-2)18-19(14)12-5-3-11(17)4-6-12/h3-9H,1-2H3. The van der Waals surface area contributed by atoms with E-state index in [-0.39, 0.29) is 11.5 Å². The van der Waals surface area contributed by atoms with Crippen molar-refractivity contribution in [1.29, 1.82) is 0 Å². The van der Waals surface area contributed by atoms with Gasteiger partial charge in [0.1, 0.15) is 5.82 Å². The highest BCUT2D eigenvalue weighted by atomic mass is 32.1. The number of hydrogen-bond donors (Lipinski definition) is 0. The third-order valence-corrected chi connectivity index (χ3v) is 4.23. The lowest BCUT2D eigenvalue weighted by Crippen LogP contribution is -2.04. The van der Waals surface area contributed by atoms with Crippen LogP contribution in [0, 0.1) is 12.7 Å². The van der Waals surface area contributed by atoms with Crippen LogP contribution in [0.1, 0.15) is 16.1 Å². The van der Waals surface area contributed by atoms with Crippen LogP contribution in [0.5, 0.6) is 0 Å². The zero-order chi connectivity index (χ0) is 15.7. The third-order valence-electron chi connectivity index (χ3n) is 3.16. The number of methoxy groups -OCH3 is 1. The van der Waals surface area contributed by atoms with Crippen molar-refractivity contribution in [3.63, 3.8) is 0 Å². The minimum Gasteiger partial charge on any atom is -0.464 e. The van der Waals surface area contributed by atoms with Gasteiger partial charge < -0.3 is 4.74 Å². The van der Waals surface area contributed by atoms with Crippen molar-refractivity contribution in [2.45, 2.75) is 6.92 Å². The summed E-state index contributed by atoms with van der Waals surface area (Å²) in [6.07, 6.45) is 0. The molecule has 0 N–H and O–H groups in total. The van der Waals surface area contributed by atoms with Gasteiger partial charge in [-0.05, 0) is 48.2 Å². The number of carbonyl (C=O) groups is 1. The summed E-state index contributed by atoms with van der Waals surface area (Å²) in [6, 6.07) is 9.65. The van der Waals surface area contributed by atoms with Gasteiger partial charge in [-0.25, -0.2) is 13.9 Å². The summed E-state index contributed by atoms with van der Waals surface area (Å²) in [5, 5.41) is 6.32. The van der Waals surface area contributed by atoms with Gasteiger partial charge in [0.05, 0.1) is 23.4 Å². The number of esters is 1. The van der Waals surface area contributed by atoms with E-state index >= 15 is 0 Å². The quantitative estimate of drug-likeness (QED) is 0.690. The average Bonchev–Trinajstić information content (AvgIpc) is 3.13. The van der Waals surface area contributed by atoms with Crippen molar-refractivity contribution in [2.24, 2.45) is 0 Å². The maximum atomic E-state index is 13.1. The number of rotatable bonds is 3. The Hall–Kier alpha value is -2.47. The second kappa shape index (κ2) is 5.73. The first-order chi connectivity index (χ1) is 10.6. The van der Waals surface area contributed by atoms with E-state index in [9.17, 15) is 9.18 Å². The van der Waals surface area contributed by atoms with E-state index in [0.717, 1.165) is 16.1 Å². The van der Waals surface area contributed by atoms with Crippen LogP contribution >= 0.6 is 11.3 Å². The summed E-state index contributed by atoms with van der Waals surface area (Å²) in [5.41, 5.74) is 2.79. The number of aromatic nitrogens is 2. The van der Waals surface area contributed by atoms with Crippen LogP contribution in [0.3, 0.4) is 0 Å². The topological polar surface area (TPSA) is 44.1 Å². The molecule has 1 aromatic carbocycles. The van der Waals surface area contributed by atoms with E-state index in [1.807, 2.05) is 18.4 Å². The number of thiophene rings is 1. The van der Waals surface area contributed by atoms with Crippen LogP contribution in [0.25, 0.3) is 16.3 Å². The lowest BCUT2D eigenvalue weighted by molar-refractivity contribution is 0.0593. The smallest absolute Gasteiger partial charge is 0.358 e. The van der Waals surface area contributed by atoms with Crippen molar-refractivity contribution in [1.82, 2.24) is 9.78 Å². The number of aryl methyl sites for hydroxylation is 1. The number of halogens is 1. The minimum atomic E-state index is -0.504. The SMILES string of the molecule is COC(=O)c1cc(-c2cc(C)cs2)n(-c2ccc(F)cc2)n1. The van der Waals surface area contributed by atoms with Gasteiger partial charge in [-0.3, -0.25) is 0 Å². The Morgan fingerprint density at radius 2 is 2.00 bits per heavy atom. The molecule has 2 aromatic heterocycles. The van der Waals surface area contributed by atoms with E-state index in [4.69, 9.17) is 4.74 Å². The molecule has 0 aliphatic rings. The molecule has 0 fully saturated rings. The molecular weight excluding hydrogens is 303 g/mol. The van der Waals surface area contributed by atoms with Crippen molar-refractivity contribution in [3.05, 3.63) is 58.9 Å². The van der Waals surface area contributed by atoms with Crippen LogP contribution in [0.4, 0.5) is 4.39 Å². The van der Waals surface area contributed by atoms with Gasteiger partial charge in [0, 0.05) is 6.07 Å². The van der Waals surface area contributed by atoms with E-state index in [1.54, 1.807) is 34.2 Å². The Morgan fingerprint density at radius 1 is 1.27 bits per heavy atom. The molecule has 0 aliphatic heterocycles. The van der Waals surface area contributed by atoms with Crippen LogP contribution in [0.15, 0.2) is 41.8 Å². The van der Waals surface area contributed by atoms with Crippen molar-refractivity contribution >= 4 is 17.3 Å². The van der Waals surface area contributed by atoms with E-state index in [0.29, 0.717) is 5.69 Å². The second-order valence-corrected chi connectivity index (χ2v) is 5.69. The Kier molecular flexibility index (Phi) is 3.77. The van der Waals surface area contributed by atoms with Crippen molar-refractivity contribution < 1.29 is 13.9 Å². The molecule has 0 spiro atoms. The van der Waals surface area contributed by atoms with E-state index in [1.165, 1.54) is 19.2 Å². The lowest BCUT2D eigenvalue weighted by Gasteiger charge is -2.05. The molecule has 2 heterocycles. The lowest BCUT2D eigenvalue weighted by atomic mass is 10.2. The zero-order valence-corrected chi connectivity index (χ0v) is 12.9. The fraction of sp³-hybridized carbons (Fsp3) is 0.125. The molecule has 4 nitrogen and oxygen atoms in total. The van der Waals surface area contributed by atoms with Crippen LogP contribution in [-0.2, 0) is 4.74 Å². The van der Waals surface area contributed by atoms with Crippen LogP contribution in [0.2, 0.25) is 0 Å². The normalized spacial score (nSPS) is 10.7. The van der Waals surface area contributed by atoms with E-state index in [2.05, 4.69) is 5.10 Å². The Labute approximate surface area is 130 Å². The molecule has 0 saturated carbocycles. The third kappa shape index (κ3) is 2.65. The largest absolute Gasteiger partial charge is 0.464 e. The van der Waals surface area contributed by atoms with Gasteiger partial charge in [-0.15, -0.1) is 11.3 Å². The first-order valence-corrected chi connectivity index (χ1v) is 7.46. The van der Waals surface area contributed by atoms with E-state index < -0.39 is 5.97 Å². The predicted molar refractivity (Wildman–Crippen MR) is 82.9 cm³/mol. The molecule has 3 rings (SSSR count). The predicted octanol–water partition coefficient (Wildman–Crippen LogP) is 3.83. The van der Waals surface area contributed by atoms with Gasteiger partial charge in [-0.2, -0.15) is 5.10 Å².